The summed E-state index contributed by atoms with van der Waals surface area (Å²) in [5.74, 6) is -0.876. The van der Waals surface area contributed by atoms with Crippen LogP contribution in [0.4, 0.5) is 0 Å². The molecular formula is C64H116O6. The van der Waals surface area contributed by atoms with E-state index in [-0.39, 0.29) is 31.1 Å². The van der Waals surface area contributed by atoms with Crippen molar-refractivity contribution in [2.75, 3.05) is 13.2 Å². The molecule has 0 aromatic rings. The molecule has 0 saturated heterocycles. The van der Waals surface area contributed by atoms with Gasteiger partial charge in [-0.25, -0.2) is 0 Å². The highest BCUT2D eigenvalue weighted by atomic mass is 16.6. The summed E-state index contributed by atoms with van der Waals surface area (Å²) in [5, 5.41) is 0. The molecule has 0 bridgehead atoms. The largest absolute Gasteiger partial charge is 0.462 e. The predicted octanol–water partition coefficient (Wildman–Crippen LogP) is 20.6. The summed E-state index contributed by atoms with van der Waals surface area (Å²) >= 11 is 0. The maximum absolute atomic E-state index is 12.8. The lowest BCUT2D eigenvalue weighted by Crippen LogP contribution is -2.30. The quantitative estimate of drug-likeness (QED) is 0.0261. The van der Waals surface area contributed by atoms with Crippen molar-refractivity contribution in [3.63, 3.8) is 0 Å². The van der Waals surface area contributed by atoms with Gasteiger partial charge in [0.15, 0.2) is 6.10 Å². The summed E-state index contributed by atoms with van der Waals surface area (Å²) in [7, 11) is 0. The Hall–Kier alpha value is -2.63. The second kappa shape index (κ2) is 58.9. The number of ether oxygens (including phenoxy) is 3. The fourth-order valence-electron chi connectivity index (χ4n) is 8.92. The van der Waals surface area contributed by atoms with Gasteiger partial charge in [-0.1, -0.05) is 268 Å². The number of esters is 3. The molecule has 1 atom stereocenters. The third-order valence-corrected chi connectivity index (χ3v) is 13.6. The lowest BCUT2D eigenvalue weighted by molar-refractivity contribution is -0.167. The zero-order chi connectivity index (χ0) is 50.7. The van der Waals surface area contributed by atoms with Gasteiger partial charge >= 0.3 is 17.9 Å². The topological polar surface area (TPSA) is 78.9 Å². The molecule has 0 aliphatic heterocycles. The minimum absolute atomic E-state index is 0.0753. The van der Waals surface area contributed by atoms with Gasteiger partial charge in [-0.2, -0.15) is 0 Å². The smallest absolute Gasteiger partial charge is 0.306 e. The van der Waals surface area contributed by atoms with E-state index >= 15 is 0 Å². The molecule has 0 spiro atoms. The highest BCUT2D eigenvalue weighted by molar-refractivity contribution is 5.71. The van der Waals surface area contributed by atoms with Crippen LogP contribution in [-0.4, -0.2) is 37.2 Å². The van der Waals surface area contributed by atoms with Gasteiger partial charge in [0.05, 0.1) is 0 Å². The third kappa shape index (κ3) is 56.3. The summed E-state index contributed by atoms with van der Waals surface area (Å²) in [6.07, 6.45) is 72.6. The molecule has 6 heteroatoms. The van der Waals surface area contributed by atoms with Crippen LogP contribution in [0.3, 0.4) is 0 Å². The summed E-state index contributed by atoms with van der Waals surface area (Å²) in [6.45, 7) is 6.61. The van der Waals surface area contributed by atoms with E-state index in [1.54, 1.807) is 0 Å². The van der Waals surface area contributed by atoms with Gasteiger partial charge in [0.1, 0.15) is 13.2 Å². The van der Waals surface area contributed by atoms with Crippen molar-refractivity contribution in [2.24, 2.45) is 0 Å². The van der Waals surface area contributed by atoms with E-state index in [2.05, 4.69) is 69.4 Å². The first-order chi connectivity index (χ1) is 34.5. The summed E-state index contributed by atoms with van der Waals surface area (Å²) in [6, 6.07) is 0. The Kier molecular flexibility index (Phi) is 56.7. The number of carbonyl (C=O) groups excluding carboxylic acids is 3. The minimum Gasteiger partial charge on any atom is -0.462 e. The summed E-state index contributed by atoms with van der Waals surface area (Å²) in [5.41, 5.74) is 0. The zero-order valence-electron chi connectivity index (χ0n) is 46.8. The zero-order valence-corrected chi connectivity index (χ0v) is 46.8. The Morgan fingerprint density at radius 1 is 0.286 bits per heavy atom. The van der Waals surface area contributed by atoms with Gasteiger partial charge in [0.2, 0.25) is 0 Å². The van der Waals surface area contributed by atoms with E-state index in [9.17, 15) is 14.4 Å². The molecule has 70 heavy (non-hydrogen) atoms. The maximum atomic E-state index is 12.8. The summed E-state index contributed by atoms with van der Waals surface area (Å²) in [4.78, 5) is 38.1. The summed E-state index contributed by atoms with van der Waals surface area (Å²) < 4.78 is 16.9. The van der Waals surface area contributed by atoms with E-state index in [0.29, 0.717) is 19.3 Å². The lowest BCUT2D eigenvalue weighted by Gasteiger charge is -2.18. The second-order valence-electron chi connectivity index (χ2n) is 20.6. The lowest BCUT2D eigenvalue weighted by atomic mass is 10.0. The number of allylic oxidation sites excluding steroid dienone is 8. The molecular weight excluding hydrogens is 865 g/mol. The number of hydrogen-bond acceptors (Lipinski definition) is 6. The third-order valence-electron chi connectivity index (χ3n) is 13.6. The van der Waals surface area contributed by atoms with Gasteiger partial charge in [0.25, 0.3) is 0 Å². The Morgan fingerprint density at radius 2 is 0.514 bits per heavy atom. The van der Waals surface area contributed by atoms with Crippen molar-refractivity contribution in [1.82, 2.24) is 0 Å². The number of carbonyl (C=O) groups is 3. The van der Waals surface area contributed by atoms with Crippen molar-refractivity contribution in [2.45, 2.75) is 329 Å². The number of rotatable bonds is 56. The van der Waals surface area contributed by atoms with Gasteiger partial charge < -0.3 is 14.2 Å². The first-order valence-electron chi connectivity index (χ1n) is 30.6. The second-order valence-corrected chi connectivity index (χ2v) is 20.6. The average Bonchev–Trinajstić information content (AvgIpc) is 3.36. The van der Waals surface area contributed by atoms with Crippen molar-refractivity contribution in [3.05, 3.63) is 48.6 Å². The first kappa shape index (κ1) is 67.4. The molecule has 0 amide bonds. The van der Waals surface area contributed by atoms with Crippen molar-refractivity contribution in [1.29, 1.82) is 0 Å². The van der Waals surface area contributed by atoms with Crippen LogP contribution in [-0.2, 0) is 28.6 Å². The molecule has 408 valence electrons. The van der Waals surface area contributed by atoms with Gasteiger partial charge in [-0.3, -0.25) is 14.4 Å². The van der Waals surface area contributed by atoms with Crippen LogP contribution in [0.15, 0.2) is 48.6 Å². The highest BCUT2D eigenvalue weighted by Crippen LogP contribution is 2.17. The molecule has 0 aliphatic carbocycles. The van der Waals surface area contributed by atoms with Crippen LogP contribution < -0.4 is 0 Å². The van der Waals surface area contributed by atoms with E-state index < -0.39 is 6.10 Å². The van der Waals surface area contributed by atoms with Crippen LogP contribution in [0.1, 0.15) is 323 Å². The van der Waals surface area contributed by atoms with E-state index in [1.165, 1.54) is 193 Å². The molecule has 0 aromatic carbocycles. The monoisotopic (exact) mass is 981 g/mol. The standard InChI is InChI=1S/C64H116O6/c1-4-7-10-13-16-19-22-24-26-27-28-29-30-31-32-33-34-35-36-37-39-40-42-45-48-51-54-57-63(66)69-60-61(59-68-62(65)56-53-50-47-44-21-18-15-12-9-6-3)70-64(67)58-55-52-49-46-43-41-38-25-23-20-17-14-11-8-5-2/h17,20,22,24-25,27-28,38,61H,4-16,18-19,21,23,26,29-37,39-60H2,1-3H3/b20-17-,24-22-,28-27-,38-25-. The number of unbranched alkanes of at least 4 members (excludes halogenated alkanes) is 37. The van der Waals surface area contributed by atoms with E-state index in [4.69, 9.17) is 14.2 Å². The van der Waals surface area contributed by atoms with Gasteiger partial charge in [0, 0.05) is 19.3 Å². The molecule has 0 rings (SSSR count). The Labute approximate surface area is 435 Å². The Bertz CT molecular complexity index is 1220. The van der Waals surface area contributed by atoms with Crippen LogP contribution in [0.5, 0.6) is 0 Å². The average molecular weight is 982 g/mol. The van der Waals surface area contributed by atoms with Crippen LogP contribution in [0.25, 0.3) is 0 Å². The fraction of sp³-hybridized carbons (Fsp3) is 0.828. The first-order valence-corrected chi connectivity index (χ1v) is 30.6. The van der Waals surface area contributed by atoms with Gasteiger partial charge in [-0.05, 0) is 83.5 Å². The molecule has 0 N–H and O–H groups in total. The molecule has 0 radical (unpaired) electrons. The van der Waals surface area contributed by atoms with E-state index in [0.717, 1.165) is 89.9 Å². The normalized spacial score (nSPS) is 12.3. The Balaban J connectivity index is 4.17. The van der Waals surface area contributed by atoms with E-state index in [1.807, 2.05) is 0 Å². The molecule has 0 aromatic heterocycles. The van der Waals surface area contributed by atoms with Crippen LogP contribution in [0.2, 0.25) is 0 Å². The molecule has 0 heterocycles. The Morgan fingerprint density at radius 3 is 0.814 bits per heavy atom. The maximum Gasteiger partial charge on any atom is 0.306 e. The minimum atomic E-state index is -0.777. The van der Waals surface area contributed by atoms with Crippen molar-refractivity contribution < 1.29 is 28.6 Å². The molecule has 6 nitrogen and oxygen atoms in total. The van der Waals surface area contributed by atoms with Gasteiger partial charge in [-0.15, -0.1) is 0 Å². The van der Waals surface area contributed by atoms with Crippen molar-refractivity contribution >= 4 is 17.9 Å². The van der Waals surface area contributed by atoms with Crippen LogP contribution >= 0.6 is 0 Å². The van der Waals surface area contributed by atoms with Crippen LogP contribution in [0, 0.1) is 0 Å². The molecule has 0 fully saturated rings. The number of hydrogen-bond donors (Lipinski definition) is 0. The molecule has 1 unspecified atom stereocenters. The molecule has 0 aliphatic rings. The fourth-order valence-corrected chi connectivity index (χ4v) is 8.92. The highest BCUT2D eigenvalue weighted by Gasteiger charge is 2.19. The molecule has 0 saturated carbocycles. The van der Waals surface area contributed by atoms with Crippen molar-refractivity contribution in [3.8, 4) is 0 Å². The predicted molar refractivity (Wildman–Crippen MR) is 302 cm³/mol. The SMILES string of the molecule is CCCCC/C=C\C/C=C\CCCCCCCC(=O)OC(COC(=O)CCCCCCCCCCCC)COC(=O)CCCCCCCCCCCCCCCCC/C=C\C/C=C\CCCCCCC.